The van der Waals surface area contributed by atoms with Crippen LogP contribution >= 0.6 is 11.8 Å². The third-order valence-corrected chi connectivity index (χ3v) is 7.65. The van der Waals surface area contributed by atoms with Crippen molar-refractivity contribution < 1.29 is 9.18 Å². The Balaban J connectivity index is 1.51. The molecule has 1 aliphatic rings. The number of piperidine rings is 1. The van der Waals surface area contributed by atoms with Crippen LogP contribution in [0.3, 0.4) is 0 Å². The van der Waals surface area contributed by atoms with Crippen LogP contribution in [0.2, 0.25) is 0 Å². The van der Waals surface area contributed by atoms with Gasteiger partial charge in [-0.1, -0.05) is 11.8 Å². The highest BCUT2D eigenvalue weighted by atomic mass is 32.2. The summed E-state index contributed by atoms with van der Waals surface area (Å²) >= 11 is 1.29. The van der Waals surface area contributed by atoms with Gasteiger partial charge in [-0.25, -0.2) is 8.91 Å². The molecule has 0 spiro atoms. The highest BCUT2D eigenvalue weighted by molar-refractivity contribution is 7.99. The minimum absolute atomic E-state index is 0.0945. The molecule has 0 N–H and O–H groups in total. The monoisotopic (exact) mass is 499 g/mol. The molecule has 1 aromatic carbocycles. The average Bonchev–Trinajstić information content (AvgIpc) is 3.52. The number of benzene rings is 1. The summed E-state index contributed by atoms with van der Waals surface area (Å²) in [5.74, 6) is -0.384. The first-order chi connectivity index (χ1) is 17.4. The van der Waals surface area contributed by atoms with E-state index in [4.69, 9.17) is 0 Å². The molecule has 4 heterocycles. The second kappa shape index (κ2) is 9.48. The normalized spacial score (nSPS) is 17.6. The van der Waals surface area contributed by atoms with Gasteiger partial charge in [0.1, 0.15) is 18.0 Å². The van der Waals surface area contributed by atoms with Crippen LogP contribution < -0.4 is 0 Å². The van der Waals surface area contributed by atoms with Gasteiger partial charge >= 0.3 is 0 Å². The van der Waals surface area contributed by atoms with E-state index in [0.29, 0.717) is 22.5 Å². The third kappa shape index (κ3) is 4.32. The Labute approximate surface area is 211 Å². The number of fused-ring (bicyclic) bond motifs is 1. The Morgan fingerprint density at radius 3 is 2.61 bits per heavy atom. The first-order valence-electron chi connectivity index (χ1n) is 11.5. The lowest BCUT2D eigenvalue weighted by Crippen LogP contribution is -2.44. The fourth-order valence-electron chi connectivity index (χ4n) is 4.74. The van der Waals surface area contributed by atoms with E-state index >= 15 is 0 Å². The molecule has 0 aliphatic carbocycles. The van der Waals surface area contributed by atoms with Crippen molar-refractivity contribution in [2.75, 3.05) is 6.54 Å². The summed E-state index contributed by atoms with van der Waals surface area (Å²) in [6.07, 6.45) is 8.80. The Morgan fingerprint density at radius 1 is 1.08 bits per heavy atom. The number of amides is 1. The van der Waals surface area contributed by atoms with Crippen LogP contribution in [-0.4, -0.2) is 42.8 Å². The van der Waals surface area contributed by atoms with Gasteiger partial charge < -0.3 is 4.90 Å². The van der Waals surface area contributed by atoms with Crippen molar-refractivity contribution in [2.45, 2.75) is 48.6 Å². The van der Waals surface area contributed by atoms with Crippen LogP contribution in [0.1, 0.15) is 43.9 Å². The standard InChI is InChI=1S/C26H22FN7OS/c1-16-7-23(5-6-32(16)17(2)35)33-15-21(13-30-33)19-9-25(26-20(11-29)12-31-34(26)14-19)36-24-4-3-22(27)8-18(24)10-28/h3-4,8-9,12-16,23H,5-7H2,1-2H3/t16-,23-/m1/s1. The number of carbonyl (C=O) groups excluding carboxylic acids is 1. The molecule has 1 aliphatic heterocycles. The Hall–Kier alpha value is -4.15. The molecular weight excluding hydrogens is 477 g/mol. The van der Waals surface area contributed by atoms with Gasteiger partial charge in [0.05, 0.1) is 35.1 Å². The molecule has 1 fully saturated rings. The molecule has 5 rings (SSSR count). The molecule has 1 saturated heterocycles. The number of carbonyl (C=O) groups is 1. The number of hydrogen-bond donors (Lipinski definition) is 0. The summed E-state index contributed by atoms with van der Waals surface area (Å²) in [5.41, 5.74) is 2.98. The van der Waals surface area contributed by atoms with E-state index in [9.17, 15) is 19.7 Å². The number of nitriles is 2. The quantitative estimate of drug-likeness (QED) is 0.399. The van der Waals surface area contributed by atoms with Crippen molar-refractivity contribution in [1.29, 1.82) is 10.5 Å². The van der Waals surface area contributed by atoms with E-state index in [0.717, 1.165) is 28.9 Å². The number of pyridine rings is 1. The lowest BCUT2D eigenvalue weighted by molar-refractivity contribution is -0.132. The van der Waals surface area contributed by atoms with Gasteiger partial charge in [-0.05, 0) is 44.0 Å². The van der Waals surface area contributed by atoms with Gasteiger partial charge in [-0.2, -0.15) is 20.7 Å². The molecule has 8 nitrogen and oxygen atoms in total. The van der Waals surface area contributed by atoms with Crippen LogP contribution in [0.5, 0.6) is 0 Å². The predicted molar refractivity (Wildman–Crippen MR) is 131 cm³/mol. The minimum atomic E-state index is -0.479. The van der Waals surface area contributed by atoms with Gasteiger partial charge in [0.2, 0.25) is 5.91 Å². The van der Waals surface area contributed by atoms with Crippen LogP contribution in [-0.2, 0) is 4.79 Å². The van der Waals surface area contributed by atoms with E-state index in [2.05, 4.69) is 23.2 Å². The fraction of sp³-hybridized carbons (Fsp3) is 0.269. The smallest absolute Gasteiger partial charge is 0.219 e. The predicted octanol–water partition coefficient (Wildman–Crippen LogP) is 4.80. The number of nitrogens with zero attached hydrogens (tertiary/aromatic N) is 7. The largest absolute Gasteiger partial charge is 0.340 e. The molecule has 1 amide bonds. The Bertz CT molecular complexity index is 1560. The molecule has 2 atom stereocenters. The lowest BCUT2D eigenvalue weighted by Gasteiger charge is -2.37. The maximum Gasteiger partial charge on any atom is 0.219 e. The van der Waals surface area contributed by atoms with Gasteiger partial charge in [-0.15, -0.1) is 0 Å². The van der Waals surface area contributed by atoms with Crippen molar-refractivity contribution >= 4 is 23.2 Å². The Morgan fingerprint density at radius 2 is 1.89 bits per heavy atom. The van der Waals surface area contributed by atoms with E-state index in [1.807, 2.05) is 34.1 Å². The molecule has 0 bridgehead atoms. The van der Waals surface area contributed by atoms with Crippen molar-refractivity contribution in [3.05, 3.63) is 66.0 Å². The zero-order valence-electron chi connectivity index (χ0n) is 19.7. The SMILES string of the molecule is CC(=O)N1CC[C@@H](n2cc(-c3cc(Sc4ccc(F)cc4C#N)c4c(C#N)cnn4c3)cn2)C[C@H]1C. The lowest BCUT2D eigenvalue weighted by atomic mass is 9.98. The molecule has 180 valence electrons. The Kier molecular flexibility index (Phi) is 6.21. The van der Waals surface area contributed by atoms with E-state index < -0.39 is 5.82 Å². The zero-order valence-corrected chi connectivity index (χ0v) is 20.5. The van der Waals surface area contributed by atoms with Crippen molar-refractivity contribution in [3.8, 4) is 23.3 Å². The molecular formula is C26H22FN7OS. The molecule has 36 heavy (non-hydrogen) atoms. The number of hydrogen-bond acceptors (Lipinski definition) is 6. The second-order valence-electron chi connectivity index (χ2n) is 8.86. The first-order valence-corrected chi connectivity index (χ1v) is 12.3. The van der Waals surface area contributed by atoms with E-state index in [1.165, 1.54) is 30.1 Å². The van der Waals surface area contributed by atoms with Gasteiger partial charge in [0.15, 0.2) is 0 Å². The molecule has 0 saturated carbocycles. The van der Waals surface area contributed by atoms with E-state index in [1.54, 1.807) is 23.7 Å². The molecule has 10 heteroatoms. The maximum absolute atomic E-state index is 13.7. The van der Waals surface area contributed by atoms with Crippen molar-refractivity contribution in [1.82, 2.24) is 24.3 Å². The van der Waals surface area contributed by atoms with Crippen molar-refractivity contribution in [2.24, 2.45) is 0 Å². The van der Waals surface area contributed by atoms with Crippen molar-refractivity contribution in [3.63, 3.8) is 0 Å². The highest BCUT2D eigenvalue weighted by Crippen LogP contribution is 2.37. The zero-order chi connectivity index (χ0) is 25.4. The van der Waals surface area contributed by atoms with E-state index in [-0.39, 0.29) is 23.6 Å². The number of likely N-dealkylation sites (tertiary alicyclic amines) is 1. The average molecular weight is 500 g/mol. The third-order valence-electron chi connectivity index (χ3n) is 6.54. The van der Waals surface area contributed by atoms with Gasteiger partial charge in [-0.3, -0.25) is 9.48 Å². The number of rotatable bonds is 4. The summed E-state index contributed by atoms with van der Waals surface area (Å²) in [6.45, 7) is 4.37. The van der Waals surface area contributed by atoms with Crippen LogP contribution in [0.4, 0.5) is 4.39 Å². The summed E-state index contributed by atoms with van der Waals surface area (Å²) < 4.78 is 17.3. The highest BCUT2D eigenvalue weighted by Gasteiger charge is 2.28. The maximum atomic E-state index is 13.7. The summed E-state index contributed by atoms with van der Waals surface area (Å²) in [5, 5.41) is 28.1. The second-order valence-corrected chi connectivity index (χ2v) is 9.94. The molecule has 0 unspecified atom stereocenters. The number of halogens is 1. The minimum Gasteiger partial charge on any atom is -0.340 e. The van der Waals surface area contributed by atoms with Crippen LogP contribution in [0.25, 0.3) is 16.6 Å². The summed E-state index contributed by atoms with van der Waals surface area (Å²) in [6, 6.07) is 10.6. The van der Waals surface area contributed by atoms with Crippen LogP contribution in [0.15, 0.2) is 58.8 Å². The summed E-state index contributed by atoms with van der Waals surface area (Å²) in [4.78, 5) is 15.0. The molecule has 3 aromatic heterocycles. The molecule has 0 radical (unpaired) electrons. The fourth-order valence-corrected chi connectivity index (χ4v) is 5.81. The van der Waals surface area contributed by atoms with Crippen LogP contribution in [0, 0.1) is 28.5 Å². The summed E-state index contributed by atoms with van der Waals surface area (Å²) in [7, 11) is 0. The van der Waals surface area contributed by atoms with Gasteiger partial charge in [0.25, 0.3) is 0 Å². The number of aromatic nitrogens is 4. The van der Waals surface area contributed by atoms with Gasteiger partial charge in [0, 0.05) is 52.8 Å². The first kappa shape index (κ1) is 23.6. The molecule has 4 aromatic rings. The topological polar surface area (TPSA) is 103 Å².